The first-order chi connectivity index (χ1) is 13.0. The van der Waals surface area contributed by atoms with Gasteiger partial charge in [-0.2, -0.15) is 0 Å². The highest BCUT2D eigenvalue weighted by Gasteiger charge is 2.16. The zero-order chi connectivity index (χ0) is 19.4. The van der Waals surface area contributed by atoms with E-state index < -0.39 is 5.91 Å². The second-order valence-electron chi connectivity index (χ2n) is 5.43. The first-order valence-electron chi connectivity index (χ1n) is 7.82. The Bertz CT molecular complexity index is 1030. The van der Waals surface area contributed by atoms with E-state index in [0.29, 0.717) is 22.3 Å². The van der Waals surface area contributed by atoms with Gasteiger partial charge in [0.2, 0.25) is 0 Å². The molecule has 0 atom stereocenters. The van der Waals surface area contributed by atoms with Crippen molar-refractivity contribution in [1.82, 2.24) is 10.4 Å². The van der Waals surface area contributed by atoms with Crippen LogP contribution in [0.1, 0.15) is 10.4 Å². The monoisotopic (exact) mass is 400 g/mol. The SMILES string of the molecule is C=CC(=O)NNc1ccnc2c(NC(=O)c3c(Cl)cccc3Cl)cccc12. The van der Waals surface area contributed by atoms with Crippen LogP contribution >= 0.6 is 23.2 Å². The maximum Gasteiger partial charge on any atom is 0.261 e. The summed E-state index contributed by atoms with van der Waals surface area (Å²) in [7, 11) is 0. The van der Waals surface area contributed by atoms with Crippen molar-refractivity contribution in [2.75, 3.05) is 10.7 Å². The molecule has 8 heteroatoms. The fourth-order valence-corrected chi connectivity index (χ4v) is 3.03. The molecule has 27 heavy (non-hydrogen) atoms. The molecule has 0 saturated heterocycles. The lowest BCUT2D eigenvalue weighted by molar-refractivity contribution is -0.116. The molecule has 0 unspecified atom stereocenters. The number of hydrogen-bond acceptors (Lipinski definition) is 4. The molecule has 0 bridgehead atoms. The highest BCUT2D eigenvalue weighted by molar-refractivity contribution is 6.40. The number of aromatic nitrogens is 1. The van der Waals surface area contributed by atoms with Gasteiger partial charge >= 0.3 is 0 Å². The Kier molecular flexibility index (Phi) is 5.59. The first kappa shape index (κ1) is 18.7. The standard InChI is InChI=1S/C19H14Cl2N4O2/c1-2-16(26)25-24-14-9-10-22-18-11(14)5-3-8-15(18)23-19(27)17-12(20)6-4-7-13(17)21/h2-10H,1H2,(H,22,24)(H,23,27)(H,25,26). The summed E-state index contributed by atoms with van der Waals surface area (Å²) in [6, 6.07) is 11.8. The Hall–Kier alpha value is -3.09. The minimum absolute atomic E-state index is 0.186. The third-order valence-electron chi connectivity index (χ3n) is 3.71. The molecule has 0 saturated carbocycles. The highest BCUT2D eigenvalue weighted by atomic mass is 35.5. The summed E-state index contributed by atoms with van der Waals surface area (Å²) in [5, 5.41) is 3.99. The Labute approximate surface area is 165 Å². The van der Waals surface area contributed by atoms with Crippen LogP contribution in [0.25, 0.3) is 10.9 Å². The van der Waals surface area contributed by atoms with E-state index in [4.69, 9.17) is 23.2 Å². The van der Waals surface area contributed by atoms with Gasteiger partial charge < -0.3 is 5.32 Å². The van der Waals surface area contributed by atoms with Gasteiger partial charge in [0.25, 0.3) is 11.8 Å². The fraction of sp³-hybridized carbons (Fsp3) is 0. The molecule has 3 N–H and O–H groups in total. The molecule has 3 aromatic rings. The minimum Gasteiger partial charge on any atom is -0.320 e. The van der Waals surface area contributed by atoms with E-state index in [9.17, 15) is 9.59 Å². The molecule has 3 rings (SSSR count). The summed E-state index contributed by atoms with van der Waals surface area (Å²) in [5.41, 5.74) is 7.10. The average Bonchev–Trinajstić information content (AvgIpc) is 2.66. The van der Waals surface area contributed by atoms with Crippen LogP contribution in [-0.4, -0.2) is 16.8 Å². The van der Waals surface area contributed by atoms with Gasteiger partial charge in [0.05, 0.1) is 32.5 Å². The van der Waals surface area contributed by atoms with Crippen molar-refractivity contribution in [2.24, 2.45) is 0 Å². The third kappa shape index (κ3) is 4.02. The summed E-state index contributed by atoms with van der Waals surface area (Å²) < 4.78 is 0. The summed E-state index contributed by atoms with van der Waals surface area (Å²) in [5.74, 6) is -0.823. The molecule has 136 valence electrons. The van der Waals surface area contributed by atoms with Gasteiger partial charge in [0.1, 0.15) is 0 Å². The number of carbonyl (C=O) groups excluding carboxylic acids is 2. The molecule has 2 amide bonds. The predicted octanol–water partition coefficient (Wildman–Crippen LogP) is 4.42. The normalized spacial score (nSPS) is 10.3. The molecule has 6 nitrogen and oxygen atoms in total. The van der Waals surface area contributed by atoms with E-state index in [1.807, 2.05) is 6.07 Å². The Balaban J connectivity index is 1.95. The quantitative estimate of drug-likeness (QED) is 0.437. The smallest absolute Gasteiger partial charge is 0.261 e. The third-order valence-corrected chi connectivity index (χ3v) is 4.34. The summed E-state index contributed by atoms with van der Waals surface area (Å²) in [6.45, 7) is 3.39. The minimum atomic E-state index is -0.446. The summed E-state index contributed by atoms with van der Waals surface area (Å²) >= 11 is 12.2. The Morgan fingerprint density at radius 1 is 1.00 bits per heavy atom. The number of carbonyl (C=O) groups is 2. The van der Waals surface area contributed by atoms with Crippen LogP contribution in [0.4, 0.5) is 11.4 Å². The van der Waals surface area contributed by atoms with Crippen LogP contribution in [0.5, 0.6) is 0 Å². The molecular formula is C19H14Cl2N4O2. The lowest BCUT2D eigenvalue weighted by Gasteiger charge is -2.13. The van der Waals surface area contributed by atoms with Crippen LogP contribution in [0.3, 0.4) is 0 Å². The molecule has 1 heterocycles. The Morgan fingerprint density at radius 3 is 2.41 bits per heavy atom. The van der Waals surface area contributed by atoms with Crippen molar-refractivity contribution in [2.45, 2.75) is 0 Å². The Morgan fingerprint density at radius 2 is 1.70 bits per heavy atom. The largest absolute Gasteiger partial charge is 0.320 e. The van der Waals surface area contributed by atoms with Crippen molar-refractivity contribution in [3.63, 3.8) is 0 Å². The van der Waals surface area contributed by atoms with Gasteiger partial charge in [-0.3, -0.25) is 25.4 Å². The van der Waals surface area contributed by atoms with Gasteiger partial charge in [-0.25, -0.2) is 0 Å². The maximum atomic E-state index is 12.6. The molecular weight excluding hydrogens is 387 g/mol. The number of para-hydroxylation sites is 1. The van der Waals surface area contributed by atoms with E-state index in [-0.39, 0.29) is 21.5 Å². The number of halogens is 2. The fourth-order valence-electron chi connectivity index (χ4n) is 2.47. The molecule has 2 aromatic carbocycles. The maximum absolute atomic E-state index is 12.6. The number of nitrogens with zero attached hydrogens (tertiary/aromatic N) is 1. The molecule has 1 aromatic heterocycles. The number of benzene rings is 2. The van der Waals surface area contributed by atoms with Gasteiger partial charge in [-0.1, -0.05) is 48.0 Å². The molecule has 0 radical (unpaired) electrons. The van der Waals surface area contributed by atoms with E-state index in [1.54, 1.807) is 42.6 Å². The lowest BCUT2D eigenvalue weighted by atomic mass is 10.1. The van der Waals surface area contributed by atoms with Crippen molar-refractivity contribution in [3.05, 3.63) is 76.9 Å². The van der Waals surface area contributed by atoms with Gasteiger partial charge in [-0.15, -0.1) is 0 Å². The number of anilines is 2. The van der Waals surface area contributed by atoms with Crippen molar-refractivity contribution < 1.29 is 9.59 Å². The zero-order valence-electron chi connectivity index (χ0n) is 13.9. The molecule has 0 aliphatic carbocycles. The van der Waals surface area contributed by atoms with Gasteiger partial charge in [0, 0.05) is 11.6 Å². The number of pyridine rings is 1. The van der Waals surface area contributed by atoms with Crippen LogP contribution in [0.2, 0.25) is 10.0 Å². The van der Waals surface area contributed by atoms with E-state index in [1.165, 1.54) is 0 Å². The first-order valence-corrected chi connectivity index (χ1v) is 8.58. The second-order valence-corrected chi connectivity index (χ2v) is 6.24. The summed E-state index contributed by atoms with van der Waals surface area (Å²) in [6.07, 6.45) is 2.71. The second kappa shape index (κ2) is 8.07. The van der Waals surface area contributed by atoms with E-state index in [2.05, 4.69) is 27.7 Å². The van der Waals surface area contributed by atoms with Gasteiger partial charge in [-0.05, 0) is 30.3 Å². The zero-order valence-corrected chi connectivity index (χ0v) is 15.4. The molecule has 0 aliphatic heterocycles. The lowest BCUT2D eigenvalue weighted by Crippen LogP contribution is -2.27. The van der Waals surface area contributed by atoms with Crippen LogP contribution in [-0.2, 0) is 4.79 Å². The molecule has 0 fully saturated rings. The number of amides is 2. The van der Waals surface area contributed by atoms with Crippen molar-refractivity contribution in [3.8, 4) is 0 Å². The van der Waals surface area contributed by atoms with E-state index in [0.717, 1.165) is 6.08 Å². The van der Waals surface area contributed by atoms with Crippen LogP contribution in [0, 0.1) is 0 Å². The van der Waals surface area contributed by atoms with Crippen molar-refractivity contribution >= 4 is 57.3 Å². The number of fused-ring (bicyclic) bond motifs is 1. The highest BCUT2D eigenvalue weighted by Crippen LogP contribution is 2.29. The van der Waals surface area contributed by atoms with Crippen molar-refractivity contribution in [1.29, 1.82) is 0 Å². The molecule has 0 spiro atoms. The predicted molar refractivity (Wildman–Crippen MR) is 108 cm³/mol. The number of hydrazine groups is 1. The number of hydrogen-bond donors (Lipinski definition) is 3. The molecule has 0 aliphatic rings. The van der Waals surface area contributed by atoms with Crippen LogP contribution in [0.15, 0.2) is 61.3 Å². The van der Waals surface area contributed by atoms with Gasteiger partial charge in [0.15, 0.2) is 0 Å². The summed E-state index contributed by atoms with van der Waals surface area (Å²) in [4.78, 5) is 28.3. The average molecular weight is 401 g/mol. The van der Waals surface area contributed by atoms with E-state index >= 15 is 0 Å². The van der Waals surface area contributed by atoms with Crippen LogP contribution < -0.4 is 16.2 Å². The number of nitrogens with one attached hydrogen (secondary N) is 3. The topological polar surface area (TPSA) is 83.1 Å². The number of rotatable bonds is 5.